The maximum atomic E-state index is 12.1. The van der Waals surface area contributed by atoms with Crippen molar-refractivity contribution in [3.63, 3.8) is 0 Å². The quantitative estimate of drug-likeness (QED) is 0.743. The molecule has 0 aromatic heterocycles. The zero-order chi connectivity index (χ0) is 18.9. The van der Waals surface area contributed by atoms with Crippen LogP contribution in [0.4, 0.5) is 5.69 Å². The molecular formula is C21H24N2O3. The maximum Gasteiger partial charge on any atom is 0.251 e. The average Bonchev–Trinajstić information content (AvgIpc) is 2.66. The van der Waals surface area contributed by atoms with Crippen LogP contribution in [-0.2, 0) is 4.79 Å². The average molecular weight is 352 g/mol. The molecule has 26 heavy (non-hydrogen) atoms. The normalized spacial score (nSPS) is 11.8. The van der Waals surface area contributed by atoms with Crippen molar-refractivity contribution in [2.75, 3.05) is 12.4 Å². The van der Waals surface area contributed by atoms with Crippen molar-refractivity contribution in [2.45, 2.75) is 26.3 Å². The molecular weight excluding hydrogens is 328 g/mol. The maximum absolute atomic E-state index is 12.1. The summed E-state index contributed by atoms with van der Waals surface area (Å²) in [4.78, 5) is 24.1. The molecule has 1 unspecified atom stereocenters. The van der Waals surface area contributed by atoms with Crippen LogP contribution in [0.3, 0.4) is 0 Å². The van der Waals surface area contributed by atoms with Crippen LogP contribution in [0.5, 0.6) is 5.75 Å². The minimum Gasteiger partial charge on any atom is -0.496 e. The second-order valence-electron chi connectivity index (χ2n) is 5.92. The number of nitrogens with one attached hydrogen (secondary N) is 2. The number of benzene rings is 2. The molecule has 2 N–H and O–H groups in total. The van der Waals surface area contributed by atoms with Gasteiger partial charge in [-0.2, -0.15) is 0 Å². The third-order valence-electron chi connectivity index (χ3n) is 3.96. The van der Waals surface area contributed by atoms with Gasteiger partial charge in [0.2, 0.25) is 5.91 Å². The predicted octanol–water partition coefficient (Wildman–Crippen LogP) is 3.88. The van der Waals surface area contributed by atoms with Gasteiger partial charge in [-0.15, -0.1) is 0 Å². The van der Waals surface area contributed by atoms with E-state index >= 15 is 0 Å². The largest absolute Gasteiger partial charge is 0.496 e. The molecule has 1 atom stereocenters. The Balaban J connectivity index is 1.97. The highest BCUT2D eigenvalue weighted by molar-refractivity contribution is 6.02. The fourth-order valence-corrected chi connectivity index (χ4v) is 2.27. The Morgan fingerprint density at radius 2 is 1.81 bits per heavy atom. The molecule has 0 bridgehead atoms. The van der Waals surface area contributed by atoms with Gasteiger partial charge in [0.05, 0.1) is 7.11 Å². The van der Waals surface area contributed by atoms with Crippen LogP contribution in [0, 0.1) is 0 Å². The third kappa shape index (κ3) is 5.48. The summed E-state index contributed by atoms with van der Waals surface area (Å²) in [5.74, 6) is 0.328. The Morgan fingerprint density at radius 1 is 1.12 bits per heavy atom. The van der Waals surface area contributed by atoms with E-state index in [-0.39, 0.29) is 17.9 Å². The van der Waals surface area contributed by atoms with Gasteiger partial charge in [0.1, 0.15) is 5.75 Å². The van der Waals surface area contributed by atoms with E-state index in [1.807, 2.05) is 38.1 Å². The molecule has 0 aliphatic carbocycles. The molecule has 2 aromatic carbocycles. The van der Waals surface area contributed by atoms with Gasteiger partial charge < -0.3 is 15.4 Å². The van der Waals surface area contributed by atoms with Crippen molar-refractivity contribution in [1.29, 1.82) is 0 Å². The first kappa shape index (κ1) is 19.2. The monoisotopic (exact) mass is 352 g/mol. The number of ether oxygens (including phenoxy) is 1. The standard InChI is InChI=1S/C21H24N2O3/c1-4-15(2)22-21(25)17-9-12-18(13-10-17)23-20(24)14-11-16-7-5-6-8-19(16)26-3/h5-15H,4H2,1-3H3,(H,22,25)(H,23,24)/b14-11+. The molecule has 2 rings (SSSR count). The first-order chi connectivity index (χ1) is 12.5. The Labute approximate surface area is 154 Å². The summed E-state index contributed by atoms with van der Waals surface area (Å²) in [5.41, 5.74) is 2.01. The van der Waals surface area contributed by atoms with E-state index in [4.69, 9.17) is 4.74 Å². The molecule has 5 heteroatoms. The number of hydrogen-bond acceptors (Lipinski definition) is 3. The molecule has 136 valence electrons. The van der Waals surface area contributed by atoms with Crippen LogP contribution in [0.25, 0.3) is 6.08 Å². The van der Waals surface area contributed by atoms with Gasteiger partial charge in [0, 0.05) is 28.9 Å². The number of anilines is 1. The van der Waals surface area contributed by atoms with E-state index in [0.29, 0.717) is 17.0 Å². The summed E-state index contributed by atoms with van der Waals surface area (Å²) < 4.78 is 5.25. The molecule has 0 heterocycles. The highest BCUT2D eigenvalue weighted by atomic mass is 16.5. The van der Waals surface area contributed by atoms with E-state index in [2.05, 4.69) is 10.6 Å². The highest BCUT2D eigenvalue weighted by Crippen LogP contribution is 2.18. The van der Waals surface area contributed by atoms with E-state index in [0.717, 1.165) is 12.0 Å². The number of carbonyl (C=O) groups is 2. The van der Waals surface area contributed by atoms with Gasteiger partial charge in [0.25, 0.3) is 5.91 Å². The van der Waals surface area contributed by atoms with E-state index in [1.165, 1.54) is 6.08 Å². The summed E-state index contributed by atoms with van der Waals surface area (Å²) in [6, 6.07) is 14.4. The molecule has 0 fully saturated rings. The Hall–Kier alpha value is -3.08. The number of carbonyl (C=O) groups excluding carboxylic acids is 2. The van der Waals surface area contributed by atoms with E-state index in [9.17, 15) is 9.59 Å². The van der Waals surface area contributed by atoms with Crippen molar-refractivity contribution in [1.82, 2.24) is 5.32 Å². The van der Waals surface area contributed by atoms with Gasteiger partial charge in [-0.25, -0.2) is 0 Å². The predicted molar refractivity (Wildman–Crippen MR) is 104 cm³/mol. The Morgan fingerprint density at radius 3 is 2.46 bits per heavy atom. The van der Waals surface area contributed by atoms with Crippen LogP contribution in [0.15, 0.2) is 54.6 Å². The molecule has 2 aromatic rings. The van der Waals surface area contributed by atoms with E-state index in [1.54, 1.807) is 37.5 Å². The number of methoxy groups -OCH3 is 1. The minimum absolute atomic E-state index is 0.117. The van der Waals surface area contributed by atoms with Gasteiger partial charge in [-0.3, -0.25) is 9.59 Å². The Bertz CT molecular complexity index is 782. The molecule has 0 saturated heterocycles. The van der Waals surface area contributed by atoms with Crippen molar-refractivity contribution >= 4 is 23.6 Å². The molecule has 2 amide bonds. The lowest BCUT2D eigenvalue weighted by Crippen LogP contribution is -2.31. The van der Waals surface area contributed by atoms with Crippen LogP contribution in [0.1, 0.15) is 36.2 Å². The summed E-state index contributed by atoms with van der Waals surface area (Å²) in [6.07, 6.45) is 4.02. The van der Waals surface area contributed by atoms with Gasteiger partial charge >= 0.3 is 0 Å². The smallest absolute Gasteiger partial charge is 0.251 e. The van der Waals surface area contributed by atoms with Crippen LogP contribution >= 0.6 is 0 Å². The fraction of sp³-hybridized carbons (Fsp3) is 0.238. The second kappa shape index (κ2) is 9.42. The molecule has 5 nitrogen and oxygen atoms in total. The Kier molecular flexibility index (Phi) is 6.97. The fourth-order valence-electron chi connectivity index (χ4n) is 2.27. The van der Waals surface area contributed by atoms with Crippen molar-refractivity contribution < 1.29 is 14.3 Å². The topological polar surface area (TPSA) is 67.4 Å². The summed E-state index contributed by atoms with van der Waals surface area (Å²) in [5, 5.41) is 5.68. The third-order valence-corrected chi connectivity index (χ3v) is 3.96. The summed E-state index contributed by atoms with van der Waals surface area (Å²) in [7, 11) is 1.59. The van der Waals surface area contributed by atoms with Gasteiger partial charge in [-0.05, 0) is 49.8 Å². The molecule has 0 aliphatic heterocycles. The second-order valence-corrected chi connectivity index (χ2v) is 5.92. The molecule has 0 aliphatic rings. The van der Waals surface area contributed by atoms with E-state index < -0.39 is 0 Å². The van der Waals surface area contributed by atoms with Crippen LogP contribution < -0.4 is 15.4 Å². The van der Waals surface area contributed by atoms with Gasteiger partial charge in [0.15, 0.2) is 0 Å². The molecule has 0 radical (unpaired) electrons. The molecule has 0 saturated carbocycles. The summed E-state index contributed by atoms with van der Waals surface area (Å²) >= 11 is 0. The lowest BCUT2D eigenvalue weighted by Gasteiger charge is -2.11. The van der Waals surface area contributed by atoms with Crippen molar-refractivity contribution in [3.8, 4) is 5.75 Å². The lowest BCUT2D eigenvalue weighted by molar-refractivity contribution is -0.111. The lowest BCUT2D eigenvalue weighted by atomic mass is 10.1. The first-order valence-electron chi connectivity index (χ1n) is 8.56. The minimum atomic E-state index is -0.257. The number of para-hydroxylation sites is 1. The SMILES string of the molecule is CCC(C)NC(=O)c1ccc(NC(=O)/C=C/c2ccccc2OC)cc1. The van der Waals surface area contributed by atoms with Crippen LogP contribution in [-0.4, -0.2) is 25.0 Å². The van der Waals surface area contributed by atoms with Crippen molar-refractivity contribution in [2.24, 2.45) is 0 Å². The van der Waals surface area contributed by atoms with Crippen molar-refractivity contribution in [3.05, 3.63) is 65.7 Å². The number of hydrogen-bond donors (Lipinski definition) is 2. The van der Waals surface area contributed by atoms with Gasteiger partial charge in [-0.1, -0.05) is 25.1 Å². The first-order valence-corrected chi connectivity index (χ1v) is 8.56. The summed E-state index contributed by atoms with van der Waals surface area (Å²) in [6.45, 7) is 3.97. The van der Waals surface area contributed by atoms with Crippen LogP contribution in [0.2, 0.25) is 0 Å². The number of amides is 2. The number of rotatable bonds is 7. The highest BCUT2D eigenvalue weighted by Gasteiger charge is 2.08. The zero-order valence-corrected chi connectivity index (χ0v) is 15.3. The zero-order valence-electron chi connectivity index (χ0n) is 15.3. The molecule has 0 spiro atoms.